The Morgan fingerprint density at radius 2 is 1.87 bits per heavy atom. The molecule has 1 heterocycles. The van der Waals surface area contributed by atoms with Crippen LogP contribution in [0, 0.1) is 10.1 Å². The van der Waals surface area contributed by atoms with E-state index in [1.54, 1.807) is 0 Å². The van der Waals surface area contributed by atoms with Gasteiger partial charge >= 0.3 is 5.97 Å². The molecule has 0 bridgehead atoms. The molecule has 0 spiro atoms. The summed E-state index contributed by atoms with van der Waals surface area (Å²) < 4.78 is 9.52. The van der Waals surface area contributed by atoms with Crippen molar-refractivity contribution in [3.8, 4) is 0 Å². The lowest BCUT2D eigenvalue weighted by molar-refractivity contribution is -0.384. The van der Waals surface area contributed by atoms with Gasteiger partial charge in [-0.25, -0.2) is 4.79 Å². The van der Waals surface area contributed by atoms with Crippen molar-refractivity contribution in [2.75, 3.05) is 11.9 Å². The summed E-state index contributed by atoms with van der Waals surface area (Å²) in [6, 6.07) is 10.7. The first-order chi connectivity index (χ1) is 14.4. The molecule has 0 unspecified atom stereocenters. The maximum atomic E-state index is 12.8. The number of nitro groups is 1. The van der Waals surface area contributed by atoms with Crippen molar-refractivity contribution in [3.63, 3.8) is 0 Å². The molecule has 0 saturated carbocycles. The Kier molecular flexibility index (Phi) is 6.18. The van der Waals surface area contributed by atoms with Gasteiger partial charge in [0.1, 0.15) is 11.3 Å². The Morgan fingerprint density at radius 1 is 1.13 bits per heavy atom. The number of aromatic nitrogens is 1. The number of halogens is 1. The van der Waals surface area contributed by atoms with E-state index >= 15 is 0 Å². The van der Waals surface area contributed by atoms with Crippen molar-refractivity contribution in [1.29, 1.82) is 0 Å². The Bertz CT molecular complexity index is 1130. The average molecular weight is 430 g/mol. The lowest BCUT2D eigenvalue weighted by atomic mass is 9.98. The summed E-state index contributed by atoms with van der Waals surface area (Å²) in [5, 5.41) is 16.8. The molecule has 1 aromatic heterocycles. The minimum Gasteiger partial charge on any atom is -0.452 e. The molecular weight excluding hydrogens is 418 g/mol. The summed E-state index contributed by atoms with van der Waals surface area (Å²) >= 11 is 5.77. The van der Waals surface area contributed by atoms with Crippen molar-refractivity contribution < 1.29 is 28.6 Å². The molecule has 11 heteroatoms. The lowest BCUT2D eigenvalue weighted by Crippen LogP contribution is -2.22. The topological polar surface area (TPSA) is 142 Å². The first-order valence-electron chi connectivity index (χ1n) is 8.32. The summed E-state index contributed by atoms with van der Waals surface area (Å²) in [6.45, 7) is -0.624. The number of nitrogens with one attached hydrogen (secondary N) is 1. The largest absolute Gasteiger partial charge is 0.452 e. The van der Waals surface area contributed by atoms with Crippen LogP contribution in [0.2, 0.25) is 5.02 Å². The van der Waals surface area contributed by atoms with E-state index in [9.17, 15) is 24.5 Å². The molecule has 10 nitrogen and oxygen atoms in total. The van der Waals surface area contributed by atoms with Crippen LogP contribution < -0.4 is 5.32 Å². The number of ketones is 1. The minimum absolute atomic E-state index is 0.0323. The predicted octanol–water partition coefficient (Wildman–Crippen LogP) is 3.26. The van der Waals surface area contributed by atoms with Gasteiger partial charge in [0, 0.05) is 23.3 Å². The Labute approximate surface area is 173 Å². The highest BCUT2D eigenvalue weighted by Crippen LogP contribution is 2.27. The maximum Gasteiger partial charge on any atom is 0.339 e. The van der Waals surface area contributed by atoms with Gasteiger partial charge in [0.2, 0.25) is 0 Å². The minimum atomic E-state index is -0.919. The number of hydrogen-bond donors (Lipinski definition) is 1. The molecule has 3 rings (SSSR count). The van der Waals surface area contributed by atoms with Crippen LogP contribution in [0.3, 0.4) is 0 Å². The Hall–Kier alpha value is -4.05. The standard InChI is InChI=1S/C19H12ClN3O7/c20-14-6-5-11(9-15(14)23(27)28)18(25)12-3-1-2-4-13(12)19(26)29-10-17(24)21-16-7-8-30-22-16/h1-9H,10H2,(H,21,22,24). The molecule has 3 aromatic rings. The molecule has 0 aliphatic heterocycles. The normalized spacial score (nSPS) is 10.3. The summed E-state index contributed by atoms with van der Waals surface area (Å²) in [5.74, 6) is -2.07. The van der Waals surface area contributed by atoms with Gasteiger partial charge in [-0.15, -0.1) is 0 Å². The van der Waals surface area contributed by atoms with Gasteiger partial charge in [-0.2, -0.15) is 0 Å². The maximum absolute atomic E-state index is 12.8. The second-order valence-electron chi connectivity index (χ2n) is 5.81. The van der Waals surface area contributed by atoms with Crippen molar-refractivity contribution in [3.05, 3.63) is 86.6 Å². The first kappa shape index (κ1) is 20.7. The lowest BCUT2D eigenvalue weighted by Gasteiger charge is -2.09. The van der Waals surface area contributed by atoms with Crippen molar-refractivity contribution in [2.24, 2.45) is 0 Å². The Balaban J connectivity index is 1.77. The summed E-state index contributed by atoms with van der Waals surface area (Å²) in [7, 11) is 0. The second kappa shape index (κ2) is 8.97. The molecule has 0 aliphatic rings. The number of benzene rings is 2. The molecule has 0 aliphatic carbocycles. The zero-order chi connectivity index (χ0) is 21.7. The SMILES string of the molecule is O=C(COC(=O)c1ccccc1C(=O)c1ccc(Cl)c([N+](=O)[O-])c1)Nc1ccon1. The van der Waals surface area contributed by atoms with Crippen LogP contribution in [0.4, 0.5) is 11.5 Å². The molecule has 1 N–H and O–H groups in total. The van der Waals surface area contributed by atoms with Crippen molar-refractivity contribution >= 4 is 40.8 Å². The van der Waals surface area contributed by atoms with Gasteiger partial charge in [-0.3, -0.25) is 19.7 Å². The van der Waals surface area contributed by atoms with Gasteiger partial charge in [-0.05, 0) is 18.2 Å². The molecule has 0 fully saturated rings. The Morgan fingerprint density at radius 3 is 2.53 bits per heavy atom. The van der Waals surface area contributed by atoms with Crippen LogP contribution >= 0.6 is 11.6 Å². The third-order valence-corrected chi connectivity index (χ3v) is 4.16. The molecule has 0 radical (unpaired) electrons. The summed E-state index contributed by atoms with van der Waals surface area (Å²) in [6.07, 6.45) is 1.25. The van der Waals surface area contributed by atoms with E-state index in [1.807, 2.05) is 0 Å². The van der Waals surface area contributed by atoms with E-state index in [2.05, 4.69) is 15.0 Å². The van der Waals surface area contributed by atoms with Crippen molar-refractivity contribution in [2.45, 2.75) is 0 Å². The molecule has 152 valence electrons. The molecule has 2 aromatic carbocycles. The molecular formula is C19H12ClN3O7. The van der Waals surface area contributed by atoms with Crippen LogP contribution in [0.5, 0.6) is 0 Å². The number of amides is 1. The number of ether oxygens (including phenoxy) is 1. The highest BCUT2D eigenvalue weighted by atomic mass is 35.5. The van der Waals surface area contributed by atoms with Crippen molar-refractivity contribution in [1.82, 2.24) is 5.16 Å². The molecule has 0 saturated heterocycles. The molecule has 1 amide bonds. The third kappa shape index (κ3) is 4.67. The van der Waals surface area contributed by atoms with Gasteiger partial charge in [0.15, 0.2) is 18.2 Å². The number of hydrogen-bond acceptors (Lipinski definition) is 8. The number of esters is 1. The highest BCUT2D eigenvalue weighted by Gasteiger charge is 2.22. The number of carbonyl (C=O) groups excluding carboxylic acids is 3. The van der Waals surface area contributed by atoms with Crippen LogP contribution in [0.15, 0.2) is 59.3 Å². The van der Waals surface area contributed by atoms with Gasteiger partial charge in [-0.1, -0.05) is 35.0 Å². The van der Waals surface area contributed by atoms with Gasteiger partial charge in [0.25, 0.3) is 11.6 Å². The fourth-order valence-corrected chi connectivity index (χ4v) is 2.66. The predicted molar refractivity (Wildman–Crippen MR) is 103 cm³/mol. The number of anilines is 1. The highest BCUT2D eigenvalue weighted by molar-refractivity contribution is 6.33. The van der Waals surface area contributed by atoms with E-state index in [0.717, 1.165) is 6.07 Å². The fraction of sp³-hybridized carbons (Fsp3) is 0.0526. The van der Waals surface area contributed by atoms with E-state index in [4.69, 9.17) is 16.3 Å². The smallest absolute Gasteiger partial charge is 0.339 e. The van der Waals surface area contributed by atoms with E-state index < -0.39 is 34.9 Å². The quantitative estimate of drug-likeness (QED) is 0.261. The number of rotatable bonds is 7. The zero-order valence-electron chi connectivity index (χ0n) is 15.0. The molecule has 30 heavy (non-hydrogen) atoms. The summed E-state index contributed by atoms with van der Waals surface area (Å²) in [5.41, 5.74) is -0.618. The van der Waals surface area contributed by atoms with Crippen LogP contribution in [0.25, 0.3) is 0 Å². The van der Waals surface area contributed by atoms with E-state index in [-0.39, 0.29) is 27.5 Å². The monoisotopic (exact) mass is 429 g/mol. The first-order valence-corrected chi connectivity index (χ1v) is 8.69. The van der Waals surface area contributed by atoms with E-state index in [1.165, 1.54) is 48.7 Å². The van der Waals surface area contributed by atoms with Crippen LogP contribution in [0.1, 0.15) is 26.3 Å². The number of carbonyl (C=O) groups is 3. The number of nitro benzene ring substituents is 1. The third-order valence-electron chi connectivity index (χ3n) is 3.84. The summed E-state index contributed by atoms with van der Waals surface area (Å²) in [4.78, 5) is 47.4. The fourth-order valence-electron chi connectivity index (χ4n) is 2.47. The van der Waals surface area contributed by atoms with Gasteiger partial charge in [0.05, 0.1) is 10.5 Å². The average Bonchev–Trinajstić information content (AvgIpc) is 3.24. The van der Waals surface area contributed by atoms with Crippen LogP contribution in [-0.2, 0) is 9.53 Å². The molecule has 0 atom stereocenters. The number of nitrogens with zero attached hydrogens (tertiary/aromatic N) is 2. The second-order valence-corrected chi connectivity index (χ2v) is 6.21. The van der Waals surface area contributed by atoms with Crippen LogP contribution in [-0.4, -0.2) is 34.3 Å². The van der Waals surface area contributed by atoms with E-state index in [0.29, 0.717) is 0 Å². The zero-order valence-corrected chi connectivity index (χ0v) is 15.8. The van der Waals surface area contributed by atoms with Gasteiger partial charge < -0.3 is 14.6 Å².